The van der Waals surface area contributed by atoms with Crippen LogP contribution < -0.4 is 15.0 Å². The minimum atomic E-state index is -0.370. The van der Waals surface area contributed by atoms with Crippen LogP contribution in [0.1, 0.15) is 43.7 Å². The molecule has 0 bridgehead atoms. The maximum absolute atomic E-state index is 12.9. The number of hydrogen-bond donors (Lipinski definition) is 1. The summed E-state index contributed by atoms with van der Waals surface area (Å²) in [5.74, 6) is 0.629. The van der Waals surface area contributed by atoms with Crippen molar-refractivity contribution in [2.24, 2.45) is 0 Å². The van der Waals surface area contributed by atoms with E-state index in [1.807, 2.05) is 18.2 Å². The first-order chi connectivity index (χ1) is 13.2. The summed E-state index contributed by atoms with van der Waals surface area (Å²) in [6.45, 7) is 1.82. The average molecular weight is 374 g/mol. The van der Waals surface area contributed by atoms with E-state index in [1.165, 1.54) is 0 Å². The number of carbonyl (C=O) groups is 2. The highest BCUT2D eigenvalue weighted by Crippen LogP contribution is 2.37. The zero-order chi connectivity index (χ0) is 18.8. The molecule has 3 aliphatic rings. The molecule has 7 nitrogen and oxygen atoms in total. The molecular formula is C20H26N2O5. The van der Waals surface area contributed by atoms with Gasteiger partial charge in [0, 0.05) is 31.0 Å². The molecule has 1 aromatic rings. The van der Waals surface area contributed by atoms with Crippen LogP contribution in [-0.4, -0.2) is 50.9 Å². The van der Waals surface area contributed by atoms with Gasteiger partial charge in [-0.3, -0.25) is 9.59 Å². The number of amides is 2. The predicted octanol–water partition coefficient (Wildman–Crippen LogP) is 1.95. The fraction of sp³-hybridized carbons (Fsp3) is 0.600. The molecule has 0 aromatic heterocycles. The monoisotopic (exact) mass is 374 g/mol. The van der Waals surface area contributed by atoms with E-state index in [1.54, 1.807) is 12.0 Å². The lowest BCUT2D eigenvalue weighted by Gasteiger charge is -2.36. The SMILES string of the molecule is COc1ccc2c(c1)C(NC(=O)[C@H]1CCCO1)CCN2C(=O)[C@H]1CCCO1. The molecule has 27 heavy (non-hydrogen) atoms. The van der Waals surface area contributed by atoms with Crippen molar-refractivity contribution in [3.63, 3.8) is 0 Å². The molecule has 1 unspecified atom stereocenters. The largest absolute Gasteiger partial charge is 0.497 e. The minimum absolute atomic E-state index is 0.00261. The topological polar surface area (TPSA) is 77.1 Å². The second kappa shape index (κ2) is 7.86. The molecule has 3 aliphatic heterocycles. The van der Waals surface area contributed by atoms with Crippen LogP contribution >= 0.6 is 0 Å². The van der Waals surface area contributed by atoms with Crippen molar-refractivity contribution in [2.45, 2.75) is 50.4 Å². The van der Waals surface area contributed by atoms with Crippen LogP contribution in [0, 0.1) is 0 Å². The first kappa shape index (κ1) is 18.3. The Bertz CT molecular complexity index is 710. The van der Waals surface area contributed by atoms with Crippen molar-refractivity contribution in [2.75, 3.05) is 31.8 Å². The van der Waals surface area contributed by atoms with Crippen LogP contribution in [0.5, 0.6) is 5.75 Å². The number of ether oxygens (including phenoxy) is 3. The maximum atomic E-state index is 12.9. The van der Waals surface area contributed by atoms with Crippen LogP contribution in [-0.2, 0) is 19.1 Å². The third kappa shape index (κ3) is 3.66. The van der Waals surface area contributed by atoms with Crippen molar-refractivity contribution in [1.82, 2.24) is 5.32 Å². The van der Waals surface area contributed by atoms with Crippen molar-refractivity contribution >= 4 is 17.5 Å². The molecule has 7 heteroatoms. The zero-order valence-electron chi connectivity index (χ0n) is 15.6. The number of nitrogens with one attached hydrogen (secondary N) is 1. The smallest absolute Gasteiger partial charge is 0.256 e. The predicted molar refractivity (Wildman–Crippen MR) is 98.8 cm³/mol. The molecule has 0 spiro atoms. The van der Waals surface area contributed by atoms with E-state index < -0.39 is 0 Å². The molecule has 146 valence electrons. The number of carbonyl (C=O) groups excluding carboxylic acids is 2. The molecule has 0 saturated carbocycles. The van der Waals surface area contributed by atoms with E-state index in [2.05, 4.69) is 5.32 Å². The lowest BCUT2D eigenvalue weighted by Crippen LogP contribution is -2.46. The van der Waals surface area contributed by atoms with Crippen molar-refractivity contribution in [1.29, 1.82) is 0 Å². The third-order valence-electron chi connectivity index (χ3n) is 5.55. The Hall–Kier alpha value is -2.12. The van der Waals surface area contributed by atoms with Crippen LogP contribution in [0.25, 0.3) is 0 Å². The number of rotatable bonds is 4. The molecular weight excluding hydrogens is 348 g/mol. The summed E-state index contributed by atoms with van der Waals surface area (Å²) in [6, 6.07) is 5.48. The Morgan fingerprint density at radius 2 is 1.85 bits per heavy atom. The lowest BCUT2D eigenvalue weighted by molar-refractivity contribution is -0.130. The summed E-state index contributed by atoms with van der Waals surface area (Å²) in [5.41, 5.74) is 1.72. The fourth-order valence-corrected chi connectivity index (χ4v) is 4.09. The molecule has 2 fully saturated rings. The van der Waals surface area contributed by atoms with E-state index in [4.69, 9.17) is 14.2 Å². The van der Waals surface area contributed by atoms with Crippen LogP contribution in [0.4, 0.5) is 5.69 Å². The van der Waals surface area contributed by atoms with E-state index in [0.29, 0.717) is 31.9 Å². The van der Waals surface area contributed by atoms with Gasteiger partial charge in [-0.15, -0.1) is 0 Å². The quantitative estimate of drug-likeness (QED) is 0.872. The number of methoxy groups -OCH3 is 1. The van der Waals surface area contributed by atoms with Gasteiger partial charge >= 0.3 is 0 Å². The van der Waals surface area contributed by atoms with Gasteiger partial charge in [-0.05, 0) is 50.3 Å². The normalized spacial score (nSPS) is 27.3. The van der Waals surface area contributed by atoms with Gasteiger partial charge in [-0.2, -0.15) is 0 Å². The molecule has 4 rings (SSSR count). The highest BCUT2D eigenvalue weighted by molar-refractivity contribution is 5.98. The zero-order valence-corrected chi connectivity index (χ0v) is 15.6. The third-order valence-corrected chi connectivity index (χ3v) is 5.55. The summed E-state index contributed by atoms with van der Waals surface area (Å²) in [6.07, 6.45) is 3.27. The first-order valence-electron chi connectivity index (χ1n) is 9.70. The summed E-state index contributed by atoms with van der Waals surface area (Å²) < 4.78 is 16.4. The van der Waals surface area contributed by atoms with Crippen molar-refractivity contribution in [3.8, 4) is 5.75 Å². The Balaban J connectivity index is 1.58. The molecule has 2 saturated heterocycles. The second-order valence-electron chi connectivity index (χ2n) is 7.27. The highest BCUT2D eigenvalue weighted by atomic mass is 16.5. The van der Waals surface area contributed by atoms with Crippen molar-refractivity contribution in [3.05, 3.63) is 23.8 Å². The second-order valence-corrected chi connectivity index (χ2v) is 7.27. The molecule has 1 N–H and O–H groups in total. The Morgan fingerprint density at radius 3 is 2.52 bits per heavy atom. The Morgan fingerprint density at radius 1 is 1.11 bits per heavy atom. The summed E-state index contributed by atoms with van der Waals surface area (Å²) in [5, 5.41) is 3.11. The molecule has 0 aliphatic carbocycles. The number of fused-ring (bicyclic) bond motifs is 1. The van der Waals surface area contributed by atoms with Gasteiger partial charge < -0.3 is 24.4 Å². The summed E-state index contributed by atoms with van der Waals surface area (Å²) in [4.78, 5) is 27.2. The number of hydrogen-bond acceptors (Lipinski definition) is 5. The molecule has 3 atom stereocenters. The average Bonchev–Trinajstić information content (AvgIpc) is 3.41. The summed E-state index contributed by atoms with van der Waals surface area (Å²) >= 11 is 0. The Kier molecular flexibility index (Phi) is 5.31. The van der Waals surface area contributed by atoms with Gasteiger partial charge in [0.25, 0.3) is 5.91 Å². The molecule has 1 aromatic carbocycles. The van der Waals surface area contributed by atoms with Crippen LogP contribution in [0.2, 0.25) is 0 Å². The van der Waals surface area contributed by atoms with Gasteiger partial charge in [-0.25, -0.2) is 0 Å². The Labute approximate surface area is 158 Å². The van der Waals surface area contributed by atoms with Crippen LogP contribution in [0.15, 0.2) is 18.2 Å². The molecule has 3 heterocycles. The number of anilines is 1. The molecule has 2 amide bonds. The maximum Gasteiger partial charge on any atom is 0.256 e. The highest BCUT2D eigenvalue weighted by Gasteiger charge is 2.36. The standard InChI is InChI=1S/C20H26N2O5/c1-25-13-6-7-16-14(12-13)15(21-19(23)17-4-2-10-26-17)8-9-22(16)20(24)18-5-3-11-27-18/h6-7,12,15,17-18H,2-5,8-11H2,1H3,(H,21,23)/t15?,17-,18-/m1/s1. The number of nitrogens with zero attached hydrogens (tertiary/aromatic N) is 1. The summed E-state index contributed by atoms with van der Waals surface area (Å²) in [7, 11) is 1.61. The van der Waals surface area contributed by atoms with Gasteiger partial charge in [0.15, 0.2) is 0 Å². The molecule has 0 radical (unpaired) electrons. The number of benzene rings is 1. The van der Waals surface area contributed by atoms with E-state index >= 15 is 0 Å². The first-order valence-corrected chi connectivity index (χ1v) is 9.70. The van der Waals surface area contributed by atoms with Gasteiger partial charge in [-0.1, -0.05) is 0 Å². The fourth-order valence-electron chi connectivity index (χ4n) is 4.09. The van der Waals surface area contributed by atoms with Crippen LogP contribution in [0.3, 0.4) is 0 Å². The van der Waals surface area contributed by atoms with E-state index in [9.17, 15) is 9.59 Å². The van der Waals surface area contributed by atoms with Gasteiger partial charge in [0.1, 0.15) is 18.0 Å². The van der Waals surface area contributed by atoms with E-state index in [0.717, 1.165) is 36.9 Å². The van der Waals surface area contributed by atoms with Crippen molar-refractivity contribution < 1.29 is 23.8 Å². The lowest BCUT2D eigenvalue weighted by atomic mass is 9.95. The van der Waals surface area contributed by atoms with E-state index in [-0.39, 0.29) is 30.1 Å². The van der Waals surface area contributed by atoms with Gasteiger partial charge in [0.2, 0.25) is 5.91 Å². The minimum Gasteiger partial charge on any atom is -0.497 e. The van der Waals surface area contributed by atoms with Gasteiger partial charge in [0.05, 0.1) is 13.2 Å².